The summed E-state index contributed by atoms with van der Waals surface area (Å²) in [5.74, 6) is 0. The van der Waals surface area contributed by atoms with Crippen molar-refractivity contribution in [3.8, 4) is 0 Å². The fourth-order valence-corrected chi connectivity index (χ4v) is 2.47. The van der Waals surface area contributed by atoms with Gasteiger partial charge in [0.1, 0.15) is 0 Å². The Balaban J connectivity index is 2.01. The highest BCUT2D eigenvalue weighted by Crippen LogP contribution is 2.52. The molecule has 2 aliphatic rings. The number of hydrogen-bond donors (Lipinski definition) is 1. The molecular formula is C10H20N2. The van der Waals surface area contributed by atoms with Gasteiger partial charge in [0.25, 0.3) is 0 Å². The first kappa shape index (κ1) is 8.52. The molecule has 1 saturated carbocycles. The van der Waals surface area contributed by atoms with Crippen molar-refractivity contribution in [3.63, 3.8) is 0 Å². The van der Waals surface area contributed by atoms with E-state index in [4.69, 9.17) is 0 Å². The minimum atomic E-state index is 0.680. The summed E-state index contributed by atoms with van der Waals surface area (Å²) in [5, 5.41) is 3.46. The third kappa shape index (κ3) is 1.17. The Labute approximate surface area is 75.3 Å². The van der Waals surface area contributed by atoms with Crippen molar-refractivity contribution in [2.75, 3.05) is 20.1 Å². The number of likely N-dealkylation sites (N-methyl/N-ethyl adjacent to an activating group) is 1. The van der Waals surface area contributed by atoms with Crippen molar-refractivity contribution in [3.05, 3.63) is 0 Å². The average Bonchev–Trinajstić information content (AvgIpc) is 2.64. The highest BCUT2D eigenvalue weighted by atomic mass is 15.2. The molecule has 1 atom stereocenters. The fraction of sp³-hybridized carbons (Fsp3) is 1.00. The second kappa shape index (κ2) is 2.71. The molecule has 12 heavy (non-hydrogen) atoms. The molecule has 2 nitrogen and oxygen atoms in total. The van der Waals surface area contributed by atoms with E-state index in [9.17, 15) is 0 Å². The predicted molar refractivity (Wildman–Crippen MR) is 51.2 cm³/mol. The summed E-state index contributed by atoms with van der Waals surface area (Å²) in [4.78, 5) is 2.61. The maximum absolute atomic E-state index is 3.46. The van der Waals surface area contributed by atoms with Crippen LogP contribution in [0.4, 0.5) is 0 Å². The van der Waals surface area contributed by atoms with Gasteiger partial charge in [-0.3, -0.25) is 4.90 Å². The molecule has 1 saturated heterocycles. The number of nitrogens with one attached hydrogen (secondary N) is 1. The van der Waals surface area contributed by atoms with E-state index < -0.39 is 0 Å². The zero-order valence-electron chi connectivity index (χ0n) is 8.43. The molecule has 0 aromatic heterocycles. The molecule has 0 radical (unpaired) electrons. The number of likely N-dealkylation sites (tertiary alicyclic amines) is 1. The second-order valence-electron chi connectivity index (χ2n) is 4.73. The molecule has 2 rings (SSSR count). The lowest BCUT2D eigenvalue weighted by molar-refractivity contribution is 0.261. The SMILES string of the molecule is CNC1CN(C(C)C)CC12CC2. The van der Waals surface area contributed by atoms with E-state index in [0.29, 0.717) is 5.41 Å². The van der Waals surface area contributed by atoms with E-state index in [1.807, 2.05) is 0 Å². The van der Waals surface area contributed by atoms with Crippen molar-refractivity contribution in [2.45, 2.75) is 38.8 Å². The van der Waals surface area contributed by atoms with Gasteiger partial charge in [-0.1, -0.05) is 0 Å². The summed E-state index contributed by atoms with van der Waals surface area (Å²) >= 11 is 0. The lowest BCUT2D eigenvalue weighted by atomic mass is 10.0. The standard InChI is InChI=1S/C10H20N2/c1-8(2)12-6-9(11-3)10(7-12)4-5-10/h8-9,11H,4-7H2,1-3H3. The van der Waals surface area contributed by atoms with E-state index in [0.717, 1.165) is 12.1 Å². The summed E-state index contributed by atoms with van der Waals surface area (Å²) in [6, 6.07) is 1.49. The van der Waals surface area contributed by atoms with E-state index in [1.165, 1.54) is 25.9 Å². The highest BCUT2D eigenvalue weighted by molar-refractivity contribution is 5.09. The first-order valence-electron chi connectivity index (χ1n) is 5.09. The maximum atomic E-state index is 3.46. The van der Waals surface area contributed by atoms with Crippen LogP contribution in [0.3, 0.4) is 0 Å². The molecule has 1 aliphatic heterocycles. The lowest BCUT2D eigenvalue weighted by Crippen LogP contribution is -2.35. The Morgan fingerprint density at radius 3 is 2.42 bits per heavy atom. The Morgan fingerprint density at radius 1 is 1.42 bits per heavy atom. The minimum absolute atomic E-state index is 0.680. The van der Waals surface area contributed by atoms with Gasteiger partial charge in [0.2, 0.25) is 0 Å². The third-order valence-corrected chi connectivity index (χ3v) is 3.65. The topological polar surface area (TPSA) is 15.3 Å². The number of hydrogen-bond acceptors (Lipinski definition) is 2. The fourth-order valence-electron chi connectivity index (χ4n) is 2.47. The average molecular weight is 168 g/mol. The quantitative estimate of drug-likeness (QED) is 0.663. The molecule has 0 aromatic carbocycles. The molecule has 2 heteroatoms. The third-order valence-electron chi connectivity index (χ3n) is 3.65. The summed E-state index contributed by atoms with van der Waals surface area (Å²) in [5.41, 5.74) is 0.680. The van der Waals surface area contributed by atoms with Gasteiger partial charge in [-0.15, -0.1) is 0 Å². The van der Waals surface area contributed by atoms with Crippen LogP contribution in [-0.4, -0.2) is 37.1 Å². The smallest absolute Gasteiger partial charge is 0.0260 e. The number of rotatable bonds is 2. The van der Waals surface area contributed by atoms with E-state index >= 15 is 0 Å². The zero-order valence-corrected chi connectivity index (χ0v) is 8.43. The van der Waals surface area contributed by atoms with Gasteiger partial charge in [-0.05, 0) is 39.2 Å². The normalized spacial score (nSPS) is 33.5. The molecule has 1 unspecified atom stereocenters. The minimum Gasteiger partial charge on any atom is -0.315 e. The van der Waals surface area contributed by atoms with Gasteiger partial charge in [0.15, 0.2) is 0 Å². The predicted octanol–water partition coefficient (Wildman–Crippen LogP) is 1.08. The Hall–Kier alpha value is -0.0800. The second-order valence-corrected chi connectivity index (χ2v) is 4.73. The first-order chi connectivity index (χ1) is 5.68. The van der Waals surface area contributed by atoms with Crippen LogP contribution in [-0.2, 0) is 0 Å². The van der Waals surface area contributed by atoms with Crippen LogP contribution in [0.1, 0.15) is 26.7 Å². The largest absolute Gasteiger partial charge is 0.315 e. The van der Waals surface area contributed by atoms with Gasteiger partial charge >= 0.3 is 0 Å². The molecule has 1 N–H and O–H groups in total. The monoisotopic (exact) mass is 168 g/mol. The van der Waals surface area contributed by atoms with Crippen LogP contribution >= 0.6 is 0 Å². The molecule has 0 aromatic rings. The molecule has 0 bridgehead atoms. The van der Waals surface area contributed by atoms with Crippen LogP contribution < -0.4 is 5.32 Å². The van der Waals surface area contributed by atoms with Crippen LogP contribution in [0.25, 0.3) is 0 Å². The van der Waals surface area contributed by atoms with Crippen molar-refractivity contribution in [2.24, 2.45) is 5.41 Å². The lowest BCUT2D eigenvalue weighted by Gasteiger charge is -2.19. The van der Waals surface area contributed by atoms with Gasteiger partial charge in [-0.2, -0.15) is 0 Å². The summed E-state index contributed by atoms with van der Waals surface area (Å²) in [7, 11) is 2.11. The van der Waals surface area contributed by atoms with E-state index in [1.54, 1.807) is 0 Å². The Morgan fingerprint density at radius 2 is 2.08 bits per heavy atom. The van der Waals surface area contributed by atoms with Gasteiger partial charge in [0.05, 0.1) is 0 Å². The zero-order chi connectivity index (χ0) is 8.77. The molecule has 1 heterocycles. The maximum Gasteiger partial charge on any atom is 0.0260 e. The molecular weight excluding hydrogens is 148 g/mol. The summed E-state index contributed by atoms with van der Waals surface area (Å²) in [6.45, 7) is 7.19. The summed E-state index contributed by atoms with van der Waals surface area (Å²) in [6.07, 6.45) is 2.89. The van der Waals surface area contributed by atoms with Crippen molar-refractivity contribution >= 4 is 0 Å². The van der Waals surface area contributed by atoms with E-state index in [2.05, 4.69) is 31.1 Å². The molecule has 70 valence electrons. The van der Waals surface area contributed by atoms with Crippen LogP contribution in [0.5, 0.6) is 0 Å². The van der Waals surface area contributed by atoms with Crippen molar-refractivity contribution in [1.82, 2.24) is 10.2 Å². The Kier molecular flexibility index (Phi) is 1.92. The molecule has 0 amide bonds. The van der Waals surface area contributed by atoms with Crippen LogP contribution in [0.2, 0.25) is 0 Å². The van der Waals surface area contributed by atoms with Gasteiger partial charge in [0, 0.05) is 25.2 Å². The van der Waals surface area contributed by atoms with Crippen molar-refractivity contribution < 1.29 is 0 Å². The van der Waals surface area contributed by atoms with E-state index in [-0.39, 0.29) is 0 Å². The Bertz CT molecular complexity index is 173. The molecule has 2 fully saturated rings. The first-order valence-corrected chi connectivity index (χ1v) is 5.09. The van der Waals surface area contributed by atoms with Crippen molar-refractivity contribution in [1.29, 1.82) is 0 Å². The molecule has 1 aliphatic carbocycles. The van der Waals surface area contributed by atoms with Gasteiger partial charge < -0.3 is 5.32 Å². The van der Waals surface area contributed by atoms with Crippen LogP contribution in [0, 0.1) is 5.41 Å². The summed E-state index contributed by atoms with van der Waals surface area (Å²) < 4.78 is 0. The van der Waals surface area contributed by atoms with Crippen LogP contribution in [0.15, 0.2) is 0 Å². The molecule has 1 spiro atoms. The highest BCUT2D eigenvalue weighted by Gasteiger charge is 2.54. The van der Waals surface area contributed by atoms with Gasteiger partial charge in [-0.25, -0.2) is 0 Å². The number of nitrogens with zero attached hydrogens (tertiary/aromatic N) is 1.